The number of nitrogens with zero attached hydrogens (tertiary/aromatic N) is 4. The highest BCUT2D eigenvalue weighted by Crippen LogP contribution is 2.31. The highest BCUT2D eigenvalue weighted by molar-refractivity contribution is 5.68. The predicted octanol–water partition coefficient (Wildman–Crippen LogP) is 6.10. The molecule has 6 heteroatoms. The molecule has 0 saturated carbocycles. The van der Waals surface area contributed by atoms with Gasteiger partial charge in [-0.2, -0.15) is 10.2 Å². The van der Waals surface area contributed by atoms with E-state index in [1.165, 1.54) is 17.4 Å². The van der Waals surface area contributed by atoms with Crippen molar-refractivity contribution in [2.45, 2.75) is 54.9 Å². The van der Waals surface area contributed by atoms with Gasteiger partial charge in [0.05, 0.1) is 25.3 Å². The van der Waals surface area contributed by atoms with Crippen LogP contribution in [-0.4, -0.2) is 25.8 Å². The first-order chi connectivity index (χ1) is 15.1. The Morgan fingerprint density at radius 2 is 1.48 bits per heavy atom. The average Bonchev–Trinajstić information content (AvgIpc) is 3.52. The van der Waals surface area contributed by atoms with E-state index < -0.39 is 0 Å². The van der Waals surface area contributed by atoms with Crippen LogP contribution in [0.15, 0.2) is 49.8 Å². The number of ether oxygens (including phenoxy) is 2. The number of pyridine rings is 2. The van der Waals surface area contributed by atoms with Crippen molar-refractivity contribution in [2.75, 3.05) is 6.61 Å². The SMILES string of the molecule is C=COc1c(C)ccn2ncc(C)c12.CC.CC.Cc1cnn2ccc3c(c12)OCC3. The fraction of sp³-hybridized carbons (Fsp3) is 0.360. The van der Waals surface area contributed by atoms with Crippen molar-refractivity contribution in [1.82, 2.24) is 19.2 Å². The van der Waals surface area contributed by atoms with Crippen LogP contribution >= 0.6 is 0 Å². The Bertz CT molecular complexity index is 1140. The zero-order valence-electron chi connectivity index (χ0n) is 19.8. The van der Waals surface area contributed by atoms with Crippen molar-refractivity contribution in [1.29, 1.82) is 0 Å². The molecule has 0 atom stereocenters. The van der Waals surface area contributed by atoms with Gasteiger partial charge in [0.1, 0.15) is 16.8 Å². The summed E-state index contributed by atoms with van der Waals surface area (Å²) >= 11 is 0. The van der Waals surface area contributed by atoms with Crippen molar-refractivity contribution in [2.24, 2.45) is 0 Å². The van der Waals surface area contributed by atoms with Crippen LogP contribution in [0.25, 0.3) is 11.0 Å². The normalized spacial score (nSPS) is 11.2. The molecule has 1 aliphatic rings. The monoisotopic (exact) mass is 422 g/mol. The van der Waals surface area contributed by atoms with Crippen LogP contribution in [0.3, 0.4) is 0 Å². The molecule has 0 amide bonds. The molecule has 0 saturated heterocycles. The van der Waals surface area contributed by atoms with Crippen molar-refractivity contribution < 1.29 is 9.47 Å². The van der Waals surface area contributed by atoms with Crippen molar-refractivity contribution in [3.63, 3.8) is 0 Å². The van der Waals surface area contributed by atoms with Gasteiger partial charge in [0.15, 0.2) is 5.75 Å². The number of aryl methyl sites for hydroxylation is 3. The van der Waals surface area contributed by atoms with Crippen LogP contribution in [-0.2, 0) is 6.42 Å². The summed E-state index contributed by atoms with van der Waals surface area (Å²) in [6, 6.07) is 4.06. The number of hydrogen-bond acceptors (Lipinski definition) is 4. The lowest BCUT2D eigenvalue weighted by Gasteiger charge is -2.06. The van der Waals surface area contributed by atoms with Crippen LogP contribution in [0, 0.1) is 20.8 Å². The summed E-state index contributed by atoms with van der Waals surface area (Å²) in [7, 11) is 0. The van der Waals surface area contributed by atoms with Crippen LogP contribution < -0.4 is 9.47 Å². The van der Waals surface area contributed by atoms with Crippen LogP contribution in [0.4, 0.5) is 0 Å². The van der Waals surface area contributed by atoms with Gasteiger partial charge in [-0.25, -0.2) is 9.03 Å². The smallest absolute Gasteiger partial charge is 0.155 e. The minimum absolute atomic E-state index is 0.805. The molecule has 0 radical (unpaired) electrons. The third-order valence-corrected chi connectivity index (χ3v) is 4.74. The number of aromatic nitrogens is 4. The summed E-state index contributed by atoms with van der Waals surface area (Å²) in [6.07, 6.45) is 10.1. The zero-order chi connectivity index (χ0) is 23.0. The quantitative estimate of drug-likeness (QED) is 0.366. The van der Waals surface area contributed by atoms with E-state index >= 15 is 0 Å². The molecule has 1 aliphatic heterocycles. The minimum atomic E-state index is 0.805. The molecule has 5 heterocycles. The van der Waals surface area contributed by atoms with Gasteiger partial charge in [0.25, 0.3) is 0 Å². The van der Waals surface area contributed by atoms with Gasteiger partial charge in [-0.3, -0.25) is 0 Å². The molecule has 6 nitrogen and oxygen atoms in total. The van der Waals surface area contributed by atoms with E-state index in [9.17, 15) is 0 Å². The Hall–Kier alpha value is -3.28. The van der Waals surface area contributed by atoms with Gasteiger partial charge in [-0.15, -0.1) is 0 Å². The fourth-order valence-corrected chi connectivity index (χ4v) is 3.38. The van der Waals surface area contributed by atoms with Gasteiger partial charge in [-0.1, -0.05) is 34.3 Å². The molecule has 0 spiro atoms. The van der Waals surface area contributed by atoms with E-state index in [0.29, 0.717) is 0 Å². The second-order valence-electron chi connectivity index (χ2n) is 6.62. The van der Waals surface area contributed by atoms with Crippen LogP contribution in [0.5, 0.6) is 11.5 Å². The molecule has 4 aromatic heterocycles. The molecule has 31 heavy (non-hydrogen) atoms. The molecule has 0 bridgehead atoms. The summed E-state index contributed by atoms with van der Waals surface area (Å²) in [5.41, 5.74) is 6.79. The van der Waals surface area contributed by atoms with Gasteiger partial charge < -0.3 is 9.47 Å². The topological polar surface area (TPSA) is 53.1 Å². The highest BCUT2D eigenvalue weighted by Gasteiger charge is 2.17. The van der Waals surface area contributed by atoms with Gasteiger partial charge in [-0.05, 0) is 49.6 Å². The number of rotatable bonds is 2. The Balaban J connectivity index is 0.000000190. The Kier molecular flexibility index (Phi) is 8.67. The first-order valence-electron chi connectivity index (χ1n) is 10.9. The molecule has 0 fully saturated rings. The summed E-state index contributed by atoms with van der Waals surface area (Å²) < 4.78 is 14.7. The Morgan fingerprint density at radius 1 is 0.903 bits per heavy atom. The third kappa shape index (κ3) is 4.90. The lowest BCUT2D eigenvalue weighted by molar-refractivity contribution is 0.359. The van der Waals surface area contributed by atoms with Gasteiger partial charge in [0, 0.05) is 24.4 Å². The van der Waals surface area contributed by atoms with E-state index in [4.69, 9.17) is 9.47 Å². The second kappa shape index (κ2) is 11.2. The maximum atomic E-state index is 5.59. The average molecular weight is 423 g/mol. The highest BCUT2D eigenvalue weighted by atomic mass is 16.5. The molecule has 166 valence electrons. The maximum absolute atomic E-state index is 5.59. The molecule has 5 rings (SSSR count). The minimum Gasteiger partial charge on any atom is -0.491 e. The van der Waals surface area contributed by atoms with Crippen LogP contribution in [0.2, 0.25) is 0 Å². The number of fused-ring (bicyclic) bond motifs is 4. The molecule has 0 unspecified atom stereocenters. The van der Waals surface area contributed by atoms with Crippen molar-refractivity contribution in [3.05, 3.63) is 72.0 Å². The standard InChI is InChI=1S/C11H12N2O.C10H10N2O.2C2H6/c1-4-14-11-8(2)5-6-13-10(11)9(3)7-12-13;1-7-6-11-12-4-2-8-3-5-13-10(8)9(7)12;2*1-2/h4-7H,1H2,2-3H3;2,4,6H,3,5H2,1H3;2*1-2H3. The fourth-order valence-electron chi connectivity index (χ4n) is 3.38. The van der Waals surface area contributed by atoms with E-state index in [-0.39, 0.29) is 0 Å². The van der Waals surface area contributed by atoms with E-state index in [1.807, 2.05) is 76.9 Å². The molecular weight excluding hydrogens is 388 g/mol. The molecule has 4 aromatic rings. The first kappa shape index (κ1) is 24.0. The van der Waals surface area contributed by atoms with E-state index in [2.05, 4.69) is 29.8 Å². The summed E-state index contributed by atoms with van der Waals surface area (Å²) in [5, 5.41) is 8.44. The molecule has 0 aromatic carbocycles. The second-order valence-corrected chi connectivity index (χ2v) is 6.62. The molecular formula is C25H34N4O2. The predicted molar refractivity (Wildman–Crippen MR) is 127 cm³/mol. The number of hydrogen-bond donors (Lipinski definition) is 0. The zero-order valence-corrected chi connectivity index (χ0v) is 19.8. The van der Waals surface area contributed by atoms with E-state index in [1.54, 1.807) is 4.52 Å². The summed E-state index contributed by atoms with van der Waals surface area (Å²) in [5.74, 6) is 1.86. The summed E-state index contributed by atoms with van der Waals surface area (Å²) in [4.78, 5) is 0. The largest absolute Gasteiger partial charge is 0.491 e. The Labute approximate surface area is 185 Å². The van der Waals surface area contributed by atoms with E-state index in [0.717, 1.165) is 46.7 Å². The van der Waals surface area contributed by atoms with Gasteiger partial charge >= 0.3 is 0 Å². The van der Waals surface area contributed by atoms with Crippen molar-refractivity contribution in [3.8, 4) is 11.5 Å². The lowest BCUT2D eigenvalue weighted by Crippen LogP contribution is -1.93. The summed E-state index contributed by atoms with van der Waals surface area (Å²) in [6.45, 7) is 18.4. The Morgan fingerprint density at radius 3 is 2.13 bits per heavy atom. The van der Waals surface area contributed by atoms with Gasteiger partial charge in [0.2, 0.25) is 0 Å². The maximum Gasteiger partial charge on any atom is 0.155 e. The third-order valence-electron chi connectivity index (χ3n) is 4.74. The molecule has 0 N–H and O–H groups in total. The molecule has 0 aliphatic carbocycles. The lowest BCUT2D eigenvalue weighted by atomic mass is 10.2. The van der Waals surface area contributed by atoms with Crippen molar-refractivity contribution >= 4 is 11.0 Å². The first-order valence-corrected chi connectivity index (χ1v) is 10.9. The van der Waals surface area contributed by atoms with Crippen LogP contribution in [0.1, 0.15) is 49.9 Å².